The van der Waals surface area contributed by atoms with Crippen molar-refractivity contribution in [1.82, 2.24) is 19.6 Å². The van der Waals surface area contributed by atoms with Gasteiger partial charge in [-0.25, -0.2) is 14.5 Å². The van der Waals surface area contributed by atoms with E-state index in [4.69, 9.17) is 4.98 Å². The van der Waals surface area contributed by atoms with Crippen LogP contribution in [-0.4, -0.2) is 36.8 Å². The zero-order chi connectivity index (χ0) is 18.2. The van der Waals surface area contributed by atoms with Gasteiger partial charge >= 0.3 is 0 Å². The Bertz CT molecular complexity index is 1090. The van der Waals surface area contributed by atoms with Crippen LogP contribution in [0.15, 0.2) is 42.7 Å². The fourth-order valence-electron chi connectivity index (χ4n) is 3.79. The van der Waals surface area contributed by atoms with E-state index in [0.29, 0.717) is 0 Å². The Hall–Kier alpha value is -2.51. The van der Waals surface area contributed by atoms with Gasteiger partial charge in [0.25, 0.3) is 0 Å². The lowest BCUT2D eigenvalue weighted by molar-refractivity contribution is 0.116. The fraction of sp³-hybridized carbons (Fsp3) is 0.350. The Labute approximate surface area is 160 Å². The summed E-state index contributed by atoms with van der Waals surface area (Å²) in [5, 5.41) is 18.9. The van der Waals surface area contributed by atoms with Crippen LogP contribution in [0, 0.1) is 0 Å². The highest BCUT2D eigenvalue weighted by Gasteiger charge is 2.23. The molecule has 0 amide bonds. The van der Waals surface area contributed by atoms with Crippen LogP contribution in [0.3, 0.4) is 0 Å². The van der Waals surface area contributed by atoms with Crippen molar-refractivity contribution < 1.29 is 5.11 Å². The van der Waals surface area contributed by atoms with Crippen LogP contribution in [0.1, 0.15) is 36.9 Å². The van der Waals surface area contributed by atoms with Gasteiger partial charge in [0.15, 0.2) is 10.8 Å². The van der Waals surface area contributed by atoms with Crippen molar-refractivity contribution in [3.05, 3.63) is 54.0 Å². The van der Waals surface area contributed by atoms with Gasteiger partial charge in [0.05, 0.1) is 34.3 Å². The smallest absolute Gasteiger partial charge is 0.184 e. The molecule has 0 bridgehead atoms. The first-order valence-corrected chi connectivity index (χ1v) is 10.2. The Kier molecular flexibility index (Phi) is 4.26. The first kappa shape index (κ1) is 16.6. The number of anilines is 1. The van der Waals surface area contributed by atoms with E-state index in [1.54, 1.807) is 17.5 Å². The van der Waals surface area contributed by atoms with Crippen LogP contribution in [-0.2, 0) is 6.42 Å². The maximum atomic E-state index is 10.2. The first-order chi connectivity index (χ1) is 13.3. The standard InChI is InChI=1S/C20H21N5OS/c26-17-5-2-1-4-15(17)23-20-24-16-8-7-13(11-18(16)27-20)10-14-12-21-19-6-3-9-22-25(14)19/h3,6-9,11-12,15,17,26H,1-2,4-5,10H2,(H,23,24)/t15-,17-/m1/s1. The van der Waals surface area contributed by atoms with E-state index in [9.17, 15) is 5.11 Å². The number of nitrogens with zero attached hydrogens (tertiary/aromatic N) is 4. The van der Waals surface area contributed by atoms with Crippen molar-refractivity contribution in [2.45, 2.75) is 44.2 Å². The average Bonchev–Trinajstić information content (AvgIpc) is 3.27. The lowest BCUT2D eigenvalue weighted by Gasteiger charge is -2.27. The van der Waals surface area contributed by atoms with Crippen LogP contribution < -0.4 is 5.32 Å². The summed E-state index contributed by atoms with van der Waals surface area (Å²) in [6.45, 7) is 0. The maximum absolute atomic E-state index is 10.2. The molecule has 1 aliphatic carbocycles. The van der Waals surface area contributed by atoms with Crippen LogP contribution >= 0.6 is 11.3 Å². The molecule has 0 spiro atoms. The molecule has 1 saturated carbocycles. The third kappa shape index (κ3) is 3.28. The monoisotopic (exact) mass is 379 g/mol. The number of rotatable bonds is 4. The molecule has 7 heteroatoms. The second kappa shape index (κ2) is 6.90. The molecule has 1 aliphatic rings. The molecule has 0 radical (unpaired) electrons. The van der Waals surface area contributed by atoms with Crippen molar-refractivity contribution in [3.63, 3.8) is 0 Å². The highest BCUT2D eigenvalue weighted by Crippen LogP contribution is 2.30. The minimum atomic E-state index is -0.274. The maximum Gasteiger partial charge on any atom is 0.184 e. The number of aliphatic hydroxyl groups excluding tert-OH is 1. The summed E-state index contributed by atoms with van der Waals surface area (Å²) in [5.74, 6) is 0. The van der Waals surface area contributed by atoms with Gasteiger partial charge in [-0.1, -0.05) is 30.2 Å². The number of fused-ring (bicyclic) bond motifs is 2. The number of hydrogen-bond donors (Lipinski definition) is 2. The van der Waals surface area contributed by atoms with Crippen LogP contribution in [0.5, 0.6) is 0 Å². The van der Waals surface area contributed by atoms with E-state index in [1.165, 1.54) is 5.56 Å². The molecule has 1 aromatic carbocycles. The molecule has 2 N–H and O–H groups in total. The van der Waals surface area contributed by atoms with Gasteiger partial charge in [0.2, 0.25) is 0 Å². The summed E-state index contributed by atoms with van der Waals surface area (Å²) in [7, 11) is 0. The third-order valence-corrected chi connectivity index (χ3v) is 6.17. The number of thiazole rings is 1. The summed E-state index contributed by atoms with van der Waals surface area (Å²) in [6.07, 6.45) is 8.32. The Morgan fingerprint density at radius 3 is 3.07 bits per heavy atom. The Morgan fingerprint density at radius 2 is 2.15 bits per heavy atom. The van der Waals surface area contributed by atoms with Crippen LogP contribution in [0.2, 0.25) is 0 Å². The molecule has 0 unspecified atom stereocenters. The molecule has 0 saturated heterocycles. The molecule has 27 heavy (non-hydrogen) atoms. The summed E-state index contributed by atoms with van der Waals surface area (Å²) < 4.78 is 3.04. The van der Waals surface area contributed by atoms with Crippen molar-refractivity contribution in [2.24, 2.45) is 0 Å². The Morgan fingerprint density at radius 1 is 1.22 bits per heavy atom. The number of benzene rings is 1. The van der Waals surface area contributed by atoms with Gasteiger partial charge in [-0.05, 0) is 42.7 Å². The predicted octanol–water partition coefficient (Wildman–Crippen LogP) is 3.65. The number of aromatic nitrogens is 4. The number of imidazole rings is 1. The average molecular weight is 379 g/mol. The van der Waals surface area contributed by atoms with E-state index in [-0.39, 0.29) is 12.1 Å². The molecule has 6 nitrogen and oxygen atoms in total. The minimum Gasteiger partial charge on any atom is -0.391 e. The zero-order valence-electron chi connectivity index (χ0n) is 14.9. The predicted molar refractivity (Wildman–Crippen MR) is 107 cm³/mol. The van der Waals surface area contributed by atoms with Gasteiger partial charge in [0, 0.05) is 12.6 Å². The van der Waals surface area contributed by atoms with Gasteiger partial charge in [-0.2, -0.15) is 5.10 Å². The lowest BCUT2D eigenvalue weighted by Crippen LogP contribution is -2.36. The summed E-state index contributed by atoms with van der Waals surface area (Å²) >= 11 is 1.65. The number of nitrogens with one attached hydrogen (secondary N) is 1. The molecule has 138 valence electrons. The quantitative estimate of drug-likeness (QED) is 0.566. The molecule has 0 aliphatic heterocycles. The molecule has 1 fully saturated rings. The second-order valence-electron chi connectivity index (χ2n) is 7.14. The minimum absolute atomic E-state index is 0.114. The first-order valence-electron chi connectivity index (χ1n) is 9.38. The topological polar surface area (TPSA) is 75.3 Å². The van der Waals surface area contributed by atoms with Crippen LogP contribution in [0.25, 0.3) is 15.9 Å². The van der Waals surface area contributed by atoms with Crippen molar-refractivity contribution in [3.8, 4) is 0 Å². The van der Waals surface area contributed by atoms with Crippen LogP contribution in [0.4, 0.5) is 5.13 Å². The normalized spacial score (nSPS) is 20.3. The number of hydrogen-bond acceptors (Lipinski definition) is 6. The summed E-state index contributed by atoms with van der Waals surface area (Å²) in [6, 6.07) is 10.3. The Balaban J connectivity index is 1.39. The largest absolute Gasteiger partial charge is 0.391 e. The summed E-state index contributed by atoms with van der Waals surface area (Å²) in [4.78, 5) is 9.11. The highest BCUT2D eigenvalue weighted by molar-refractivity contribution is 7.22. The van der Waals surface area contributed by atoms with Crippen molar-refractivity contribution in [1.29, 1.82) is 0 Å². The molecule has 3 heterocycles. The summed E-state index contributed by atoms with van der Waals surface area (Å²) in [5.41, 5.74) is 4.14. The number of aliphatic hydroxyl groups is 1. The van der Waals surface area contributed by atoms with Gasteiger partial charge in [0.1, 0.15) is 0 Å². The van der Waals surface area contributed by atoms with Gasteiger partial charge in [-0.3, -0.25) is 0 Å². The van der Waals surface area contributed by atoms with E-state index >= 15 is 0 Å². The van der Waals surface area contributed by atoms with E-state index < -0.39 is 0 Å². The van der Waals surface area contributed by atoms with E-state index in [2.05, 4.69) is 33.6 Å². The van der Waals surface area contributed by atoms with Crippen molar-refractivity contribution in [2.75, 3.05) is 5.32 Å². The van der Waals surface area contributed by atoms with E-state index in [0.717, 1.165) is 58.8 Å². The molecular formula is C20H21N5OS. The van der Waals surface area contributed by atoms with Gasteiger partial charge < -0.3 is 10.4 Å². The van der Waals surface area contributed by atoms with Crippen molar-refractivity contribution >= 4 is 32.3 Å². The lowest BCUT2D eigenvalue weighted by atomic mass is 9.93. The molecule has 5 rings (SSSR count). The zero-order valence-corrected chi connectivity index (χ0v) is 15.7. The molecule has 3 aromatic heterocycles. The SMILES string of the molecule is O[C@@H]1CCCC[C@H]1Nc1nc2ccc(Cc3cnc4cccnn34)cc2s1. The molecular weight excluding hydrogens is 358 g/mol. The third-order valence-electron chi connectivity index (χ3n) is 5.22. The van der Waals surface area contributed by atoms with Gasteiger partial charge in [-0.15, -0.1) is 0 Å². The van der Waals surface area contributed by atoms with E-state index in [1.807, 2.05) is 22.8 Å². The molecule has 4 aromatic rings. The highest BCUT2D eigenvalue weighted by atomic mass is 32.1. The fourth-order valence-corrected chi connectivity index (χ4v) is 4.78. The second-order valence-corrected chi connectivity index (χ2v) is 8.17. The molecule has 2 atom stereocenters.